The third-order valence-corrected chi connectivity index (χ3v) is 3.81. The van der Waals surface area contributed by atoms with Crippen molar-refractivity contribution in [3.63, 3.8) is 0 Å². The maximum atomic E-state index is 3.21. The van der Waals surface area contributed by atoms with Crippen LogP contribution >= 0.6 is 0 Å². The summed E-state index contributed by atoms with van der Waals surface area (Å²) in [7, 11) is 2.04. The highest BCUT2D eigenvalue weighted by molar-refractivity contribution is 4.71. The van der Waals surface area contributed by atoms with Crippen molar-refractivity contribution in [3.8, 4) is 0 Å². The van der Waals surface area contributed by atoms with Gasteiger partial charge in [-0.15, -0.1) is 0 Å². The van der Waals surface area contributed by atoms with Crippen LogP contribution in [0.3, 0.4) is 0 Å². The molecule has 1 saturated heterocycles. The molecule has 0 radical (unpaired) electrons. The molecule has 0 atom stereocenters. The van der Waals surface area contributed by atoms with Crippen molar-refractivity contribution in [2.24, 2.45) is 5.92 Å². The molecular formula is C14H30N2. The molecule has 0 aromatic heterocycles. The molecule has 1 N–H and O–H groups in total. The Morgan fingerprint density at radius 3 is 2.50 bits per heavy atom. The van der Waals surface area contributed by atoms with Gasteiger partial charge < -0.3 is 10.2 Å². The lowest BCUT2D eigenvalue weighted by Crippen LogP contribution is -2.34. The first-order chi connectivity index (χ1) is 7.86. The SMILES string of the molecule is CCCC1CCN(CCCCCNC)CC1. The van der Waals surface area contributed by atoms with E-state index in [1.54, 1.807) is 0 Å². The Morgan fingerprint density at radius 1 is 1.12 bits per heavy atom. The van der Waals surface area contributed by atoms with Crippen LogP contribution in [0.5, 0.6) is 0 Å². The molecule has 0 unspecified atom stereocenters. The smallest absolute Gasteiger partial charge is 0.00161 e. The fourth-order valence-electron chi connectivity index (χ4n) is 2.72. The summed E-state index contributed by atoms with van der Waals surface area (Å²) in [5.74, 6) is 1.03. The van der Waals surface area contributed by atoms with E-state index in [-0.39, 0.29) is 0 Å². The van der Waals surface area contributed by atoms with E-state index in [0.717, 1.165) is 5.92 Å². The van der Waals surface area contributed by atoms with E-state index in [9.17, 15) is 0 Å². The largest absolute Gasteiger partial charge is 0.320 e. The quantitative estimate of drug-likeness (QED) is 0.640. The zero-order valence-corrected chi connectivity index (χ0v) is 11.3. The van der Waals surface area contributed by atoms with Gasteiger partial charge in [-0.3, -0.25) is 0 Å². The lowest BCUT2D eigenvalue weighted by atomic mass is 9.92. The van der Waals surface area contributed by atoms with Crippen LogP contribution in [0.25, 0.3) is 0 Å². The van der Waals surface area contributed by atoms with Crippen LogP contribution in [0.15, 0.2) is 0 Å². The Hall–Kier alpha value is -0.0800. The lowest BCUT2D eigenvalue weighted by molar-refractivity contribution is 0.176. The van der Waals surface area contributed by atoms with Gasteiger partial charge in [-0.25, -0.2) is 0 Å². The van der Waals surface area contributed by atoms with Crippen molar-refractivity contribution in [1.82, 2.24) is 10.2 Å². The summed E-state index contributed by atoms with van der Waals surface area (Å²) < 4.78 is 0. The van der Waals surface area contributed by atoms with Gasteiger partial charge in [0.05, 0.1) is 0 Å². The number of unbranched alkanes of at least 4 members (excludes halogenated alkanes) is 2. The van der Waals surface area contributed by atoms with Crippen molar-refractivity contribution < 1.29 is 0 Å². The minimum atomic E-state index is 1.03. The number of hydrogen-bond acceptors (Lipinski definition) is 2. The van der Waals surface area contributed by atoms with Crippen molar-refractivity contribution in [3.05, 3.63) is 0 Å². The summed E-state index contributed by atoms with van der Waals surface area (Å²) in [6, 6.07) is 0. The molecule has 0 aromatic rings. The van der Waals surface area contributed by atoms with Crippen molar-refractivity contribution in [2.45, 2.75) is 51.9 Å². The molecule has 1 aliphatic rings. The molecule has 2 heteroatoms. The first-order valence-corrected chi connectivity index (χ1v) is 7.23. The van der Waals surface area contributed by atoms with Crippen molar-refractivity contribution >= 4 is 0 Å². The second-order valence-electron chi connectivity index (χ2n) is 5.24. The molecule has 1 fully saturated rings. The molecule has 0 aliphatic carbocycles. The average molecular weight is 226 g/mol. The average Bonchev–Trinajstić information content (AvgIpc) is 2.31. The zero-order chi connectivity index (χ0) is 11.6. The maximum absolute atomic E-state index is 3.21. The van der Waals surface area contributed by atoms with Crippen LogP contribution in [0.1, 0.15) is 51.9 Å². The molecule has 2 nitrogen and oxygen atoms in total. The Balaban J connectivity index is 1.95. The number of likely N-dealkylation sites (tertiary alicyclic amines) is 1. The summed E-state index contributed by atoms with van der Waals surface area (Å²) in [6.45, 7) is 7.54. The van der Waals surface area contributed by atoms with Crippen molar-refractivity contribution in [2.75, 3.05) is 33.2 Å². The fraction of sp³-hybridized carbons (Fsp3) is 1.00. The molecule has 16 heavy (non-hydrogen) atoms. The maximum Gasteiger partial charge on any atom is -0.00161 e. The van der Waals surface area contributed by atoms with Crippen molar-refractivity contribution in [1.29, 1.82) is 0 Å². The molecular weight excluding hydrogens is 196 g/mol. The summed E-state index contributed by atoms with van der Waals surface area (Å²) >= 11 is 0. The Bertz CT molecular complexity index is 151. The van der Waals surface area contributed by atoms with Gasteiger partial charge >= 0.3 is 0 Å². The van der Waals surface area contributed by atoms with Gasteiger partial charge in [0.1, 0.15) is 0 Å². The summed E-state index contributed by atoms with van der Waals surface area (Å²) in [5.41, 5.74) is 0. The van der Waals surface area contributed by atoms with Gasteiger partial charge in [0, 0.05) is 0 Å². The van der Waals surface area contributed by atoms with Crippen LogP contribution in [0, 0.1) is 5.92 Å². The zero-order valence-electron chi connectivity index (χ0n) is 11.3. The topological polar surface area (TPSA) is 15.3 Å². The minimum absolute atomic E-state index is 1.03. The number of hydrogen-bond donors (Lipinski definition) is 1. The third-order valence-electron chi connectivity index (χ3n) is 3.81. The Morgan fingerprint density at radius 2 is 1.88 bits per heavy atom. The number of piperidine rings is 1. The molecule has 96 valence electrons. The second-order valence-corrected chi connectivity index (χ2v) is 5.24. The second kappa shape index (κ2) is 9.00. The number of nitrogens with one attached hydrogen (secondary N) is 1. The first kappa shape index (κ1) is 14.0. The fourth-order valence-corrected chi connectivity index (χ4v) is 2.72. The Kier molecular flexibility index (Phi) is 7.87. The van der Waals surface area contributed by atoms with Crippen LogP contribution in [0.4, 0.5) is 0 Å². The molecule has 1 heterocycles. The normalized spacial score (nSPS) is 19.1. The standard InChI is InChI=1S/C14H30N2/c1-3-7-14-8-12-16(13-9-14)11-6-4-5-10-15-2/h14-15H,3-13H2,1-2H3. The first-order valence-electron chi connectivity index (χ1n) is 7.23. The van der Waals surface area contributed by atoms with E-state index in [4.69, 9.17) is 0 Å². The Labute approximate surface area is 102 Å². The van der Waals surface area contributed by atoms with Gasteiger partial charge in [-0.1, -0.05) is 26.2 Å². The van der Waals surface area contributed by atoms with Gasteiger partial charge in [0.25, 0.3) is 0 Å². The summed E-state index contributed by atoms with van der Waals surface area (Å²) in [5, 5.41) is 3.21. The van der Waals surface area contributed by atoms with Crippen LogP contribution < -0.4 is 5.32 Å². The molecule has 0 aromatic carbocycles. The predicted octanol–water partition coefficient (Wildman–Crippen LogP) is 2.89. The molecule has 0 saturated carbocycles. The minimum Gasteiger partial charge on any atom is -0.320 e. The highest BCUT2D eigenvalue weighted by Gasteiger charge is 2.17. The van der Waals surface area contributed by atoms with Crippen LogP contribution in [-0.2, 0) is 0 Å². The highest BCUT2D eigenvalue weighted by atomic mass is 15.1. The lowest BCUT2D eigenvalue weighted by Gasteiger charge is -2.31. The number of rotatable bonds is 8. The van der Waals surface area contributed by atoms with E-state index >= 15 is 0 Å². The van der Waals surface area contributed by atoms with E-state index < -0.39 is 0 Å². The van der Waals surface area contributed by atoms with Gasteiger partial charge in [0.2, 0.25) is 0 Å². The van der Waals surface area contributed by atoms with Crippen LogP contribution in [-0.4, -0.2) is 38.1 Å². The highest BCUT2D eigenvalue weighted by Crippen LogP contribution is 2.21. The molecule has 1 rings (SSSR count). The third kappa shape index (κ3) is 5.86. The summed E-state index contributed by atoms with van der Waals surface area (Å²) in [6.07, 6.45) is 9.83. The van der Waals surface area contributed by atoms with Gasteiger partial charge in [-0.2, -0.15) is 0 Å². The molecule has 0 bridgehead atoms. The molecule has 1 aliphatic heterocycles. The number of nitrogens with zero attached hydrogens (tertiary/aromatic N) is 1. The van der Waals surface area contributed by atoms with E-state index in [1.165, 1.54) is 71.1 Å². The van der Waals surface area contributed by atoms with Gasteiger partial charge in [0.15, 0.2) is 0 Å². The van der Waals surface area contributed by atoms with E-state index in [2.05, 4.69) is 17.1 Å². The molecule has 0 amide bonds. The van der Waals surface area contributed by atoms with E-state index in [1.807, 2.05) is 7.05 Å². The van der Waals surface area contributed by atoms with Gasteiger partial charge in [-0.05, 0) is 64.8 Å². The van der Waals surface area contributed by atoms with E-state index in [0.29, 0.717) is 0 Å². The molecule has 0 spiro atoms. The monoisotopic (exact) mass is 226 g/mol. The predicted molar refractivity (Wildman–Crippen MR) is 71.8 cm³/mol. The summed E-state index contributed by atoms with van der Waals surface area (Å²) in [4.78, 5) is 2.67. The van der Waals surface area contributed by atoms with Crippen LogP contribution in [0.2, 0.25) is 0 Å².